The third-order valence-electron chi connectivity index (χ3n) is 1.24. The Balaban J connectivity index is 2.85. The summed E-state index contributed by atoms with van der Waals surface area (Å²) < 4.78 is 5.00. The average molecular weight is 126 g/mol. The Morgan fingerprint density at radius 2 is 2.11 bits per heavy atom. The molecule has 0 aliphatic heterocycles. The predicted molar refractivity (Wildman–Crippen MR) is 34.5 cm³/mol. The van der Waals surface area contributed by atoms with Gasteiger partial charge < -0.3 is 15.9 Å². The molecule has 0 radical (unpaired) electrons. The minimum absolute atomic E-state index is 0.430. The van der Waals surface area contributed by atoms with Gasteiger partial charge in [0.25, 0.3) is 0 Å². The second-order valence-corrected chi connectivity index (χ2v) is 1.78. The fraction of sp³-hybridized carbons (Fsp3) is 0.333. The molecule has 9 heavy (non-hydrogen) atoms. The average Bonchev–Trinajstić information content (AvgIpc) is 2.33. The summed E-state index contributed by atoms with van der Waals surface area (Å²) in [6, 6.07) is 1.84. The normalized spacial score (nSPS) is 10.0. The molecule has 0 bridgehead atoms. The van der Waals surface area contributed by atoms with Crippen molar-refractivity contribution in [2.45, 2.75) is 13.1 Å². The number of furan rings is 1. The molecule has 0 saturated carbocycles. The van der Waals surface area contributed by atoms with Crippen LogP contribution < -0.4 is 11.5 Å². The minimum Gasteiger partial charge on any atom is -0.468 e. The molecule has 0 spiro atoms. The van der Waals surface area contributed by atoms with Gasteiger partial charge in [-0.05, 0) is 6.07 Å². The number of hydrogen-bond acceptors (Lipinski definition) is 3. The Bertz CT molecular complexity index is 164. The Kier molecular flexibility index (Phi) is 1.87. The van der Waals surface area contributed by atoms with Crippen LogP contribution in [0.5, 0.6) is 0 Å². The van der Waals surface area contributed by atoms with Crippen molar-refractivity contribution < 1.29 is 4.42 Å². The van der Waals surface area contributed by atoms with E-state index in [1.165, 1.54) is 0 Å². The molecule has 1 aromatic heterocycles. The molecule has 1 rings (SSSR count). The van der Waals surface area contributed by atoms with Gasteiger partial charge in [-0.2, -0.15) is 0 Å². The summed E-state index contributed by atoms with van der Waals surface area (Å²) in [5, 5.41) is 0. The molecule has 0 atom stereocenters. The van der Waals surface area contributed by atoms with Gasteiger partial charge in [0.2, 0.25) is 0 Å². The molecule has 50 valence electrons. The standard InChI is InChI=1S/C6H10N2O/c7-3-5-1-2-9-6(5)4-8/h1-2H,3-4,7-8H2. The summed E-state index contributed by atoms with van der Waals surface area (Å²) >= 11 is 0. The molecule has 0 saturated heterocycles. The quantitative estimate of drug-likeness (QED) is 0.594. The van der Waals surface area contributed by atoms with E-state index < -0.39 is 0 Å². The molecule has 3 heteroatoms. The molecular formula is C6H10N2O. The van der Waals surface area contributed by atoms with Crippen molar-refractivity contribution in [3.8, 4) is 0 Å². The Morgan fingerprint density at radius 3 is 2.56 bits per heavy atom. The molecule has 4 N–H and O–H groups in total. The maximum absolute atomic E-state index is 5.36. The van der Waals surface area contributed by atoms with Crippen molar-refractivity contribution in [3.63, 3.8) is 0 Å². The summed E-state index contributed by atoms with van der Waals surface area (Å²) in [5.74, 6) is 0.789. The first-order valence-electron chi connectivity index (χ1n) is 2.84. The van der Waals surface area contributed by atoms with Crippen LogP contribution in [0.1, 0.15) is 11.3 Å². The zero-order valence-electron chi connectivity index (χ0n) is 5.13. The maximum atomic E-state index is 5.36. The summed E-state index contributed by atoms with van der Waals surface area (Å²) in [6.07, 6.45) is 1.60. The van der Waals surface area contributed by atoms with Crippen molar-refractivity contribution in [1.29, 1.82) is 0 Å². The number of nitrogens with two attached hydrogens (primary N) is 2. The first-order valence-corrected chi connectivity index (χ1v) is 2.84. The number of rotatable bonds is 2. The zero-order valence-corrected chi connectivity index (χ0v) is 5.13. The molecule has 0 unspecified atom stereocenters. The molecule has 0 amide bonds. The van der Waals surface area contributed by atoms with Crippen LogP contribution in [-0.2, 0) is 13.1 Å². The van der Waals surface area contributed by atoms with Gasteiger partial charge in [0, 0.05) is 12.1 Å². The van der Waals surface area contributed by atoms with E-state index in [4.69, 9.17) is 15.9 Å². The van der Waals surface area contributed by atoms with E-state index >= 15 is 0 Å². The van der Waals surface area contributed by atoms with Crippen molar-refractivity contribution >= 4 is 0 Å². The van der Waals surface area contributed by atoms with E-state index in [-0.39, 0.29) is 0 Å². The van der Waals surface area contributed by atoms with Gasteiger partial charge in [-0.1, -0.05) is 0 Å². The summed E-state index contributed by atoms with van der Waals surface area (Å²) in [6.45, 7) is 0.933. The largest absolute Gasteiger partial charge is 0.468 e. The van der Waals surface area contributed by atoms with Gasteiger partial charge in [-0.15, -0.1) is 0 Å². The van der Waals surface area contributed by atoms with Crippen molar-refractivity contribution in [2.24, 2.45) is 11.5 Å². The highest BCUT2D eigenvalue weighted by molar-refractivity contribution is 5.15. The lowest BCUT2D eigenvalue weighted by Crippen LogP contribution is -2.02. The molecule has 0 fully saturated rings. The zero-order chi connectivity index (χ0) is 6.69. The van der Waals surface area contributed by atoms with Crippen LogP contribution in [0.15, 0.2) is 16.7 Å². The highest BCUT2D eigenvalue weighted by Gasteiger charge is 1.99. The lowest BCUT2D eigenvalue weighted by molar-refractivity contribution is 0.507. The Labute approximate surface area is 53.6 Å². The van der Waals surface area contributed by atoms with Gasteiger partial charge in [0.05, 0.1) is 12.8 Å². The molecule has 3 nitrogen and oxygen atoms in total. The smallest absolute Gasteiger partial charge is 0.121 e. The van der Waals surface area contributed by atoms with E-state index in [2.05, 4.69) is 0 Å². The second-order valence-electron chi connectivity index (χ2n) is 1.78. The Hall–Kier alpha value is -0.800. The van der Waals surface area contributed by atoms with Gasteiger partial charge >= 0.3 is 0 Å². The van der Waals surface area contributed by atoms with E-state index in [0.29, 0.717) is 13.1 Å². The van der Waals surface area contributed by atoms with Crippen molar-refractivity contribution in [1.82, 2.24) is 0 Å². The fourth-order valence-electron chi connectivity index (χ4n) is 0.728. The molecule has 0 aliphatic carbocycles. The van der Waals surface area contributed by atoms with Gasteiger partial charge in [-0.25, -0.2) is 0 Å². The summed E-state index contributed by atoms with van der Waals surface area (Å²) in [5.41, 5.74) is 11.7. The lowest BCUT2D eigenvalue weighted by atomic mass is 10.2. The highest BCUT2D eigenvalue weighted by Crippen LogP contribution is 2.07. The van der Waals surface area contributed by atoms with Gasteiger partial charge in [0.15, 0.2) is 0 Å². The molecule has 0 aromatic carbocycles. The molecule has 0 aliphatic rings. The number of hydrogen-bond donors (Lipinski definition) is 2. The van der Waals surface area contributed by atoms with Crippen molar-refractivity contribution in [3.05, 3.63) is 23.7 Å². The SMILES string of the molecule is NCc1ccoc1CN. The first-order chi connectivity index (χ1) is 4.38. The third-order valence-corrected chi connectivity index (χ3v) is 1.24. The van der Waals surface area contributed by atoms with Gasteiger partial charge in [0.1, 0.15) is 5.76 Å². The highest BCUT2D eigenvalue weighted by atomic mass is 16.3. The monoisotopic (exact) mass is 126 g/mol. The van der Waals surface area contributed by atoms with Crippen LogP contribution in [0.2, 0.25) is 0 Å². The van der Waals surface area contributed by atoms with E-state index in [1.54, 1.807) is 6.26 Å². The van der Waals surface area contributed by atoms with Gasteiger partial charge in [-0.3, -0.25) is 0 Å². The van der Waals surface area contributed by atoms with Crippen LogP contribution in [-0.4, -0.2) is 0 Å². The maximum Gasteiger partial charge on any atom is 0.121 e. The first kappa shape index (κ1) is 6.32. The Morgan fingerprint density at radius 1 is 1.33 bits per heavy atom. The van der Waals surface area contributed by atoms with E-state index in [1.807, 2.05) is 6.07 Å². The van der Waals surface area contributed by atoms with E-state index in [0.717, 1.165) is 11.3 Å². The van der Waals surface area contributed by atoms with Crippen LogP contribution in [0, 0.1) is 0 Å². The molecular weight excluding hydrogens is 116 g/mol. The predicted octanol–water partition coefficient (Wildman–Crippen LogP) is 0.197. The van der Waals surface area contributed by atoms with Crippen LogP contribution in [0.25, 0.3) is 0 Å². The van der Waals surface area contributed by atoms with Crippen LogP contribution in [0.4, 0.5) is 0 Å². The van der Waals surface area contributed by atoms with E-state index in [9.17, 15) is 0 Å². The fourth-order valence-corrected chi connectivity index (χ4v) is 0.728. The second kappa shape index (κ2) is 2.66. The van der Waals surface area contributed by atoms with Crippen molar-refractivity contribution in [2.75, 3.05) is 0 Å². The summed E-state index contributed by atoms with van der Waals surface area (Å²) in [4.78, 5) is 0. The third kappa shape index (κ3) is 1.12. The topological polar surface area (TPSA) is 65.2 Å². The minimum atomic E-state index is 0.430. The summed E-state index contributed by atoms with van der Waals surface area (Å²) in [7, 11) is 0. The van der Waals surface area contributed by atoms with Crippen LogP contribution >= 0.6 is 0 Å². The lowest BCUT2D eigenvalue weighted by Gasteiger charge is -1.92. The van der Waals surface area contributed by atoms with Crippen LogP contribution in [0.3, 0.4) is 0 Å². The molecule has 1 aromatic rings. The molecule has 1 heterocycles.